The number of rotatable bonds is 7. The normalized spacial score (nSPS) is 12.6. The fourth-order valence-electron chi connectivity index (χ4n) is 2.71. The van der Waals surface area contributed by atoms with E-state index < -0.39 is 0 Å². The minimum atomic E-state index is 0. The fourth-order valence-corrected chi connectivity index (χ4v) is 3.73. The molecule has 1 unspecified atom stereocenters. The number of aliphatic imine (C=N–C) groups is 1. The molecule has 2 heterocycles. The Hall–Kier alpha value is -1.09. The molecule has 0 spiro atoms. The molecule has 0 bridgehead atoms. The Balaban J connectivity index is 0.00000312. The highest BCUT2D eigenvalue weighted by atomic mass is 127. The number of aromatic nitrogens is 1. The molecule has 0 saturated heterocycles. The highest BCUT2D eigenvalue weighted by molar-refractivity contribution is 14.0. The molecule has 5 nitrogen and oxygen atoms in total. The summed E-state index contributed by atoms with van der Waals surface area (Å²) in [6.45, 7) is 9.16. The molecule has 2 N–H and O–H groups in total. The predicted molar refractivity (Wildman–Crippen MR) is 116 cm³/mol. The second-order valence-electron chi connectivity index (χ2n) is 6.17. The lowest BCUT2D eigenvalue weighted by atomic mass is 10.1. The molecule has 2 rings (SSSR count). The fraction of sp³-hybridized carbons (Fsp3) is 0.556. The first-order valence-corrected chi connectivity index (χ1v) is 9.25. The number of nitrogens with one attached hydrogen (secondary N) is 2. The average Bonchev–Trinajstić information content (AvgIpc) is 3.09. The van der Waals surface area contributed by atoms with Gasteiger partial charge in [0.05, 0.1) is 5.69 Å². The Morgan fingerprint density at radius 2 is 2.08 bits per heavy atom. The summed E-state index contributed by atoms with van der Waals surface area (Å²) in [6, 6.07) is 4.73. The maximum Gasteiger partial charge on any atom is 0.191 e. The minimum Gasteiger partial charge on any atom is -0.361 e. The predicted octanol–water partition coefficient (Wildman–Crippen LogP) is 4.01. The van der Waals surface area contributed by atoms with Crippen LogP contribution in [-0.2, 0) is 12.8 Å². The van der Waals surface area contributed by atoms with Gasteiger partial charge in [-0.2, -0.15) is 0 Å². The van der Waals surface area contributed by atoms with Crippen LogP contribution in [0, 0.1) is 20.8 Å². The molecule has 0 aliphatic heterocycles. The lowest BCUT2D eigenvalue weighted by molar-refractivity contribution is 0.392. The topological polar surface area (TPSA) is 62.5 Å². The van der Waals surface area contributed by atoms with Crippen molar-refractivity contribution in [1.29, 1.82) is 0 Å². The third-order valence-corrected chi connectivity index (χ3v) is 5.01. The first-order valence-electron chi connectivity index (χ1n) is 8.43. The van der Waals surface area contributed by atoms with Gasteiger partial charge in [-0.1, -0.05) is 5.16 Å². The molecule has 7 heteroatoms. The third kappa shape index (κ3) is 6.97. The van der Waals surface area contributed by atoms with E-state index >= 15 is 0 Å². The van der Waals surface area contributed by atoms with Crippen molar-refractivity contribution >= 4 is 41.3 Å². The number of guanidine groups is 1. The SMILES string of the molecule is CN=C(NCCCc1c(C)noc1C)NC(C)Cc1ccc(C)s1.I. The van der Waals surface area contributed by atoms with Crippen molar-refractivity contribution in [3.05, 3.63) is 38.9 Å². The first-order chi connectivity index (χ1) is 11.5. The summed E-state index contributed by atoms with van der Waals surface area (Å²) < 4.78 is 5.20. The molecule has 0 saturated carbocycles. The van der Waals surface area contributed by atoms with Crippen molar-refractivity contribution in [3.63, 3.8) is 0 Å². The summed E-state index contributed by atoms with van der Waals surface area (Å²) in [5, 5.41) is 10.8. The van der Waals surface area contributed by atoms with E-state index in [9.17, 15) is 0 Å². The monoisotopic (exact) mass is 476 g/mol. The van der Waals surface area contributed by atoms with Crippen molar-refractivity contribution in [3.8, 4) is 0 Å². The van der Waals surface area contributed by atoms with E-state index in [1.165, 1.54) is 15.3 Å². The summed E-state index contributed by atoms with van der Waals surface area (Å²) in [5.41, 5.74) is 2.22. The quantitative estimate of drug-likeness (QED) is 0.275. The van der Waals surface area contributed by atoms with Crippen LogP contribution in [0.5, 0.6) is 0 Å². The molecular weight excluding hydrogens is 447 g/mol. The summed E-state index contributed by atoms with van der Waals surface area (Å²) in [5.74, 6) is 1.78. The summed E-state index contributed by atoms with van der Waals surface area (Å²) in [6.07, 6.45) is 3.00. The minimum absolute atomic E-state index is 0. The van der Waals surface area contributed by atoms with Crippen molar-refractivity contribution in [2.24, 2.45) is 4.99 Å². The lowest BCUT2D eigenvalue weighted by Crippen LogP contribution is -2.43. The van der Waals surface area contributed by atoms with Gasteiger partial charge in [-0.25, -0.2) is 0 Å². The van der Waals surface area contributed by atoms with Crippen molar-refractivity contribution in [2.45, 2.75) is 53.0 Å². The number of nitrogens with zero attached hydrogens (tertiary/aromatic N) is 2. The highest BCUT2D eigenvalue weighted by Gasteiger charge is 2.10. The molecular formula is C18H29IN4OS. The largest absolute Gasteiger partial charge is 0.361 e. The Kier molecular flexibility index (Phi) is 9.48. The molecule has 0 aliphatic carbocycles. The number of hydrogen-bond acceptors (Lipinski definition) is 4. The van der Waals surface area contributed by atoms with Gasteiger partial charge in [-0.05, 0) is 52.7 Å². The van der Waals surface area contributed by atoms with Crippen molar-refractivity contribution in [2.75, 3.05) is 13.6 Å². The van der Waals surface area contributed by atoms with Crippen LogP contribution in [0.2, 0.25) is 0 Å². The molecule has 0 aliphatic rings. The van der Waals surface area contributed by atoms with Crippen LogP contribution in [0.1, 0.15) is 40.1 Å². The van der Waals surface area contributed by atoms with Crippen LogP contribution in [-0.4, -0.2) is 30.8 Å². The van der Waals surface area contributed by atoms with E-state index in [-0.39, 0.29) is 24.0 Å². The molecule has 0 aromatic carbocycles. The van der Waals surface area contributed by atoms with Gasteiger partial charge in [0.25, 0.3) is 0 Å². The van der Waals surface area contributed by atoms with Crippen LogP contribution >= 0.6 is 35.3 Å². The Labute approximate surface area is 171 Å². The second kappa shape index (κ2) is 10.8. The van der Waals surface area contributed by atoms with Gasteiger partial charge in [0.2, 0.25) is 0 Å². The maximum atomic E-state index is 5.20. The summed E-state index contributed by atoms with van der Waals surface area (Å²) >= 11 is 1.86. The zero-order chi connectivity index (χ0) is 17.5. The Morgan fingerprint density at radius 1 is 1.32 bits per heavy atom. The average molecular weight is 476 g/mol. The molecule has 1 atom stereocenters. The van der Waals surface area contributed by atoms with E-state index in [4.69, 9.17) is 4.52 Å². The van der Waals surface area contributed by atoms with Gasteiger partial charge in [0, 0.05) is 41.4 Å². The Morgan fingerprint density at radius 3 is 2.64 bits per heavy atom. The molecule has 2 aromatic rings. The summed E-state index contributed by atoms with van der Waals surface area (Å²) in [7, 11) is 1.81. The smallest absolute Gasteiger partial charge is 0.191 e. The maximum absolute atomic E-state index is 5.20. The first kappa shape index (κ1) is 22.0. The highest BCUT2D eigenvalue weighted by Crippen LogP contribution is 2.16. The zero-order valence-electron chi connectivity index (χ0n) is 15.7. The van der Waals surface area contributed by atoms with Gasteiger partial charge in [0.1, 0.15) is 5.76 Å². The van der Waals surface area contributed by atoms with E-state index in [0.29, 0.717) is 6.04 Å². The van der Waals surface area contributed by atoms with Crippen molar-refractivity contribution < 1.29 is 4.52 Å². The molecule has 0 radical (unpaired) electrons. The Bertz CT molecular complexity index is 661. The molecule has 2 aromatic heterocycles. The van der Waals surface area contributed by atoms with Gasteiger partial charge >= 0.3 is 0 Å². The second-order valence-corrected chi connectivity index (χ2v) is 7.54. The molecule has 140 valence electrons. The number of halogens is 1. The third-order valence-electron chi connectivity index (χ3n) is 3.99. The van der Waals surface area contributed by atoms with Gasteiger partial charge in [-0.15, -0.1) is 35.3 Å². The van der Waals surface area contributed by atoms with E-state index in [1.807, 2.05) is 32.2 Å². The molecule has 25 heavy (non-hydrogen) atoms. The van der Waals surface area contributed by atoms with Crippen LogP contribution in [0.4, 0.5) is 0 Å². The number of hydrogen-bond donors (Lipinski definition) is 2. The van der Waals surface area contributed by atoms with Crippen LogP contribution in [0.25, 0.3) is 0 Å². The van der Waals surface area contributed by atoms with Crippen molar-refractivity contribution in [1.82, 2.24) is 15.8 Å². The molecule has 0 fully saturated rings. The van der Waals surface area contributed by atoms with Crippen LogP contribution in [0.15, 0.2) is 21.6 Å². The summed E-state index contributed by atoms with van der Waals surface area (Å²) in [4.78, 5) is 7.08. The van der Waals surface area contributed by atoms with Gasteiger partial charge < -0.3 is 15.2 Å². The van der Waals surface area contributed by atoms with E-state index in [0.717, 1.165) is 43.2 Å². The zero-order valence-corrected chi connectivity index (χ0v) is 18.8. The number of thiophene rings is 1. The van der Waals surface area contributed by atoms with E-state index in [2.05, 4.69) is 46.8 Å². The van der Waals surface area contributed by atoms with E-state index in [1.54, 1.807) is 0 Å². The van der Waals surface area contributed by atoms with Crippen LogP contribution < -0.4 is 10.6 Å². The van der Waals surface area contributed by atoms with Gasteiger partial charge in [-0.3, -0.25) is 4.99 Å². The lowest BCUT2D eigenvalue weighted by Gasteiger charge is -2.17. The van der Waals surface area contributed by atoms with Gasteiger partial charge in [0.15, 0.2) is 5.96 Å². The van der Waals surface area contributed by atoms with Crippen LogP contribution in [0.3, 0.4) is 0 Å². The number of aryl methyl sites for hydroxylation is 3. The standard InChI is InChI=1S/C18H28N4OS.HI/c1-12(11-16-9-8-13(2)24-16)21-18(19-5)20-10-6-7-17-14(3)22-23-15(17)4;/h8-9,12H,6-7,10-11H2,1-5H3,(H2,19,20,21);1H. The molecule has 0 amide bonds.